The Balaban J connectivity index is 3.49. The van der Waals surface area contributed by atoms with E-state index >= 15 is 4.39 Å². The van der Waals surface area contributed by atoms with Gasteiger partial charge in [0.05, 0.1) is 39.6 Å². The number of halogens is 1. The quantitative estimate of drug-likeness (QED) is 0.0549. The number of aliphatic hydroxyl groups is 1. The van der Waals surface area contributed by atoms with Crippen molar-refractivity contribution in [2.75, 3.05) is 39.6 Å². The monoisotopic (exact) mass is 742 g/mol. The van der Waals surface area contributed by atoms with Crippen LogP contribution in [-0.2, 0) is 54.4 Å². The molecule has 0 heterocycles. The molecule has 1 saturated carbocycles. The van der Waals surface area contributed by atoms with E-state index in [1.54, 1.807) is 0 Å². The van der Waals surface area contributed by atoms with Crippen LogP contribution in [0.4, 0.5) is 4.39 Å². The summed E-state index contributed by atoms with van der Waals surface area (Å²) in [6.45, 7) is 11.7. The highest BCUT2D eigenvalue weighted by atomic mass is 31.2. The molecule has 282 valence electrons. The van der Waals surface area contributed by atoms with Crippen molar-refractivity contribution < 1.29 is 63.9 Å². The average molecular weight is 743 g/mol. The second kappa shape index (κ2) is 25.2. The van der Waals surface area contributed by atoms with Crippen molar-refractivity contribution in [3.63, 3.8) is 0 Å². The molecule has 0 saturated heterocycles. The molecule has 0 spiro atoms. The Hall–Kier alpha value is 0.220. The highest BCUT2D eigenvalue weighted by molar-refractivity contribution is 7.49. The molecule has 1 aliphatic carbocycles. The average Bonchev–Trinajstić information content (AvgIpc) is 3.02. The molecule has 0 aliphatic heterocycles. The van der Waals surface area contributed by atoms with Gasteiger partial charge >= 0.3 is 23.5 Å². The summed E-state index contributed by atoms with van der Waals surface area (Å²) < 4.78 is 108. The Morgan fingerprint density at radius 2 is 0.787 bits per heavy atom. The zero-order chi connectivity index (χ0) is 35.2. The van der Waals surface area contributed by atoms with E-state index < -0.39 is 60.5 Å². The summed E-state index contributed by atoms with van der Waals surface area (Å²) in [4.78, 5) is 0. The van der Waals surface area contributed by atoms with Crippen LogP contribution >= 0.6 is 23.5 Å². The maximum atomic E-state index is 16.3. The van der Waals surface area contributed by atoms with Gasteiger partial charge in [-0.25, -0.2) is 18.1 Å². The smallest absolute Gasteiger partial charge is 0.387 e. The number of phosphoric ester groups is 3. The van der Waals surface area contributed by atoms with Crippen LogP contribution in [0.3, 0.4) is 0 Å². The Bertz CT molecular complexity index is 905. The molecule has 0 aromatic heterocycles. The molecule has 47 heavy (non-hydrogen) atoms. The van der Waals surface area contributed by atoms with Gasteiger partial charge in [-0.3, -0.25) is 40.7 Å². The van der Waals surface area contributed by atoms with Gasteiger partial charge in [0.25, 0.3) is 0 Å². The fourth-order valence-electron chi connectivity index (χ4n) is 4.14. The summed E-state index contributed by atoms with van der Waals surface area (Å²) in [6, 6.07) is 0. The third kappa shape index (κ3) is 17.8. The summed E-state index contributed by atoms with van der Waals surface area (Å²) in [5.74, 6) is 0. The summed E-state index contributed by atoms with van der Waals surface area (Å²) in [7, 11) is -13.1. The first kappa shape index (κ1) is 45.2. The maximum absolute atomic E-state index is 16.3. The second-order valence-electron chi connectivity index (χ2n) is 11.5. The number of phosphoric acid groups is 3. The third-order valence-electron chi connectivity index (χ3n) is 7.12. The minimum Gasteiger partial charge on any atom is -0.387 e. The molecule has 0 aromatic carbocycles. The molecule has 0 aromatic rings. The van der Waals surface area contributed by atoms with E-state index in [1.807, 2.05) is 41.5 Å². The van der Waals surface area contributed by atoms with Gasteiger partial charge in [0, 0.05) is 6.42 Å². The predicted molar refractivity (Wildman–Crippen MR) is 178 cm³/mol. The fraction of sp³-hybridized carbons (Fsp3) is 1.00. The molecule has 0 bridgehead atoms. The molecule has 1 aliphatic rings. The lowest BCUT2D eigenvalue weighted by Crippen LogP contribution is -2.56. The normalized spacial score (nSPS) is 22.6. The van der Waals surface area contributed by atoms with Crippen molar-refractivity contribution in [2.45, 2.75) is 156 Å². The lowest BCUT2D eigenvalue weighted by atomic mass is 9.88. The lowest BCUT2D eigenvalue weighted by Gasteiger charge is -2.42. The van der Waals surface area contributed by atoms with Crippen molar-refractivity contribution in [3.05, 3.63) is 0 Å². The van der Waals surface area contributed by atoms with Crippen LogP contribution in [0.5, 0.6) is 0 Å². The van der Waals surface area contributed by atoms with Crippen LogP contribution in [0.2, 0.25) is 0 Å². The number of hydrogen-bond donors (Lipinski definition) is 1. The Kier molecular flexibility index (Phi) is 24.3. The number of unbranched alkanes of at least 4 members (excludes halogenated alkanes) is 6. The van der Waals surface area contributed by atoms with E-state index in [-0.39, 0.29) is 39.6 Å². The zero-order valence-corrected chi connectivity index (χ0v) is 32.1. The van der Waals surface area contributed by atoms with Crippen LogP contribution in [0.25, 0.3) is 0 Å². The molecule has 1 rings (SSSR count). The summed E-state index contributed by atoms with van der Waals surface area (Å²) in [5.41, 5.74) is 0. The Morgan fingerprint density at radius 3 is 1.09 bits per heavy atom. The molecular formula is C30H62FO13P3. The van der Waals surface area contributed by atoms with Gasteiger partial charge in [-0.1, -0.05) is 80.1 Å². The molecular weight excluding hydrogens is 680 g/mol. The number of alkyl halides is 1. The topological polar surface area (TPSA) is 155 Å². The van der Waals surface area contributed by atoms with Crippen molar-refractivity contribution in [3.8, 4) is 0 Å². The highest BCUT2D eigenvalue weighted by Gasteiger charge is 2.54. The van der Waals surface area contributed by atoms with E-state index in [4.69, 9.17) is 40.7 Å². The first-order valence-electron chi connectivity index (χ1n) is 17.5. The molecule has 0 amide bonds. The minimum atomic E-state index is -4.41. The van der Waals surface area contributed by atoms with Gasteiger partial charge in [0.15, 0.2) is 6.17 Å². The maximum Gasteiger partial charge on any atom is 0.475 e. The van der Waals surface area contributed by atoms with E-state index in [2.05, 4.69) is 0 Å². The van der Waals surface area contributed by atoms with Gasteiger partial charge in [0.1, 0.15) is 24.4 Å². The van der Waals surface area contributed by atoms with Crippen LogP contribution in [0, 0.1) is 0 Å². The fourth-order valence-corrected chi connectivity index (χ4v) is 8.48. The standard InChI is InChI=1S/C30H62FO13P3/c1-7-13-19-36-45(33,37-20-14-8-2)42-26-25-27(43-46(34,38-21-15-9-3)39-22-16-10-4)30(28(31)29(26)32)44-47(35,40-23-17-11-5)41-24-18-12-6/h26-30,32H,7-25H2,1-6H3/t26-,27+,28-,29-,30-/m0/s1. The molecule has 0 radical (unpaired) electrons. The zero-order valence-electron chi connectivity index (χ0n) is 29.4. The van der Waals surface area contributed by atoms with E-state index in [9.17, 15) is 18.8 Å². The van der Waals surface area contributed by atoms with E-state index in [0.29, 0.717) is 38.5 Å². The highest BCUT2D eigenvalue weighted by Crippen LogP contribution is 2.58. The van der Waals surface area contributed by atoms with Gasteiger partial charge < -0.3 is 5.11 Å². The SMILES string of the molecule is CCCCOP(=O)(OCCCC)O[C@@H]1[C@@H](F)[C@@H](O)[C@@H](OP(=O)(OCCCC)OCCCC)C[C@H]1OP(=O)(OCCCC)OCCCC. The molecule has 0 unspecified atom stereocenters. The van der Waals surface area contributed by atoms with Gasteiger partial charge in [-0.2, -0.15) is 0 Å². The summed E-state index contributed by atoms with van der Waals surface area (Å²) in [5, 5.41) is 11.1. The summed E-state index contributed by atoms with van der Waals surface area (Å²) in [6.07, 6.45) is -1.94. The number of aliphatic hydroxyl groups excluding tert-OH is 1. The van der Waals surface area contributed by atoms with Gasteiger partial charge in [0.2, 0.25) is 0 Å². The number of hydrogen-bond acceptors (Lipinski definition) is 13. The van der Waals surface area contributed by atoms with Crippen molar-refractivity contribution in [2.24, 2.45) is 0 Å². The molecule has 13 nitrogen and oxygen atoms in total. The Morgan fingerprint density at radius 1 is 0.511 bits per heavy atom. The van der Waals surface area contributed by atoms with Crippen molar-refractivity contribution in [1.29, 1.82) is 0 Å². The predicted octanol–water partition coefficient (Wildman–Crippen LogP) is 9.47. The minimum absolute atomic E-state index is 0.00944. The molecule has 17 heteroatoms. The first-order chi connectivity index (χ1) is 22.5. The third-order valence-corrected chi connectivity index (χ3v) is 11.7. The first-order valence-corrected chi connectivity index (χ1v) is 21.9. The van der Waals surface area contributed by atoms with E-state index in [0.717, 1.165) is 38.5 Å². The largest absolute Gasteiger partial charge is 0.475 e. The second-order valence-corrected chi connectivity index (χ2v) is 16.4. The van der Waals surface area contributed by atoms with Gasteiger partial charge in [-0.15, -0.1) is 0 Å². The number of rotatable bonds is 30. The van der Waals surface area contributed by atoms with Gasteiger partial charge in [-0.05, 0) is 38.5 Å². The van der Waals surface area contributed by atoms with Crippen molar-refractivity contribution >= 4 is 23.5 Å². The van der Waals surface area contributed by atoms with Crippen LogP contribution in [-0.4, -0.2) is 75.3 Å². The lowest BCUT2D eigenvalue weighted by molar-refractivity contribution is -0.148. The molecule has 5 atom stereocenters. The molecule has 1 N–H and O–H groups in total. The van der Waals surface area contributed by atoms with Crippen LogP contribution < -0.4 is 0 Å². The summed E-state index contributed by atoms with van der Waals surface area (Å²) >= 11 is 0. The van der Waals surface area contributed by atoms with E-state index in [1.165, 1.54) is 0 Å². The van der Waals surface area contributed by atoms with Crippen LogP contribution in [0.15, 0.2) is 0 Å². The Labute approximate surface area is 282 Å². The molecule has 1 fully saturated rings. The van der Waals surface area contributed by atoms with Crippen LogP contribution in [0.1, 0.15) is 125 Å². The van der Waals surface area contributed by atoms with Crippen molar-refractivity contribution in [1.82, 2.24) is 0 Å².